The van der Waals surface area contributed by atoms with Gasteiger partial charge in [0, 0.05) is 24.2 Å². The van der Waals surface area contributed by atoms with Crippen LogP contribution >= 0.6 is 11.8 Å². The molecule has 4 heteroatoms. The molecule has 3 nitrogen and oxygen atoms in total. The third kappa shape index (κ3) is 2.64. The van der Waals surface area contributed by atoms with E-state index in [2.05, 4.69) is 24.9 Å². The van der Waals surface area contributed by atoms with Gasteiger partial charge < -0.3 is 10.6 Å². The quantitative estimate of drug-likeness (QED) is 0.488. The van der Waals surface area contributed by atoms with Crippen LogP contribution in [0.2, 0.25) is 0 Å². The molecule has 0 radical (unpaired) electrons. The van der Waals surface area contributed by atoms with Crippen molar-refractivity contribution >= 4 is 23.3 Å². The minimum atomic E-state index is 0.158. The number of anilines is 1. The largest absolute Gasteiger partial charge is 0.384 e. The molecular formula is C14H21N3S. The van der Waals surface area contributed by atoms with Crippen molar-refractivity contribution < 1.29 is 0 Å². The number of nitrogens with zero attached hydrogens (tertiary/aromatic N) is 1. The summed E-state index contributed by atoms with van der Waals surface area (Å²) >= 11 is 1.64. The topological polar surface area (TPSA) is 53.1 Å². The maximum absolute atomic E-state index is 7.79. The van der Waals surface area contributed by atoms with Crippen molar-refractivity contribution in [3.63, 3.8) is 0 Å². The van der Waals surface area contributed by atoms with Gasteiger partial charge in [-0.05, 0) is 36.6 Å². The van der Waals surface area contributed by atoms with Crippen LogP contribution in [0.5, 0.6) is 0 Å². The average molecular weight is 263 g/mol. The van der Waals surface area contributed by atoms with Crippen LogP contribution in [-0.4, -0.2) is 25.7 Å². The minimum absolute atomic E-state index is 0.158. The van der Waals surface area contributed by atoms with Gasteiger partial charge in [0.25, 0.3) is 0 Å². The summed E-state index contributed by atoms with van der Waals surface area (Å²) in [6.07, 6.45) is 3.34. The Bertz CT molecular complexity index is 458. The van der Waals surface area contributed by atoms with Crippen LogP contribution in [0, 0.1) is 17.2 Å². The predicted molar refractivity (Wildman–Crippen MR) is 79.8 cm³/mol. The lowest BCUT2D eigenvalue weighted by Gasteiger charge is -2.23. The molecule has 0 spiro atoms. The van der Waals surface area contributed by atoms with Gasteiger partial charge in [-0.3, -0.25) is 5.41 Å². The second-order valence-electron chi connectivity index (χ2n) is 5.12. The van der Waals surface area contributed by atoms with Crippen molar-refractivity contribution in [1.29, 1.82) is 5.41 Å². The van der Waals surface area contributed by atoms with Crippen molar-refractivity contribution in [3.05, 3.63) is 23.8 Å². The minimum Gasteiger partial charge on any atom is -0.384 e. The number of rotatable bonds is 5. The van der Waals surface area contributed by atoms with Crippen LogP contribution in [-0.2, 0) is 0 Å². The highest BCUT2D eigenvalue weighted by atomic mass is 32.2. The van der Waals surface area contributed by atoms with Crippen LogP contribution in [0.4, 0.5) is 5.69 Å². The number of amidine groups is 1. The molecule has 2 rings (SSSR count). The summed E-state index contributed by atoms with van der Waals surface area (Å²) in [5.41, 5.74) is 7.70. The monoisotopic (exact) mass is 263 g/mol. The van der Waals surface area contributed by atoms with Crippen LogP contribution < -0.4 is 10.6 Å². The van der Waals surface area contributed by atoms with Crippen molar-refractivity contribution in [1.82, 2.24) is 0 Å². The van der Waals surface area contributed by atoms with Crippen molar-refractivity contribution in [2.24, 2.45) is 17.6 Å². The standard InChI is InChI=1S/C14H21N3S/c1-9-7-10(9)8-17(2)11-5-4-6-12(18-3)13(11)14(15)16/h4-6,9-10H,7-8H2,1-3H3,(H3,15,16). The third-order valence-corrected chi connectivity index (χ3v) is 4.47. The molecule has 1 saturated carbocycles. The highest BCUT2D eigenvalue weighted by Gasteiger charge is 2.33. The zero-order valence-electron chi connectivity index (χ0n) is 11.2. The Kier molecular flexibility index (Phi) is 3.85. The molecule has 1 aromatic carbocycles. The number of thioether (sulfide) groups is 1. The van der Waals surface area contributed by atoms with Gasteiger partial charge >= 0.3 is 0 Å². The maximum atomic E-state index is 7.79. The SMILES string of the molecule is CSc1cccc(N(C)CC2CC2C)c1C(=N)N. The Morgan fingerprint density at radius 2 is 2.22 bits per heavy atom. The highest BCUT2D eigenvalue weighted by Crippen LogP contribution is 2.39. The van der Waals surface area contributed by atoms with Gasteiger partial charge in [-0.25, -0.2) is 0 Å². The number of nitrogens with two attached hydrogens (primary N) is 1. The Labute approximate surface area is 113 Å². The first-order valence-electron chi connectivity index (χ1n) is 6.27. The number of benzene rings is 1. The summed E-state index contributed by atoms with van der Waals surface area (Å²) < 4.78 is 0. The van der Waals surface area contributed by atoms with Gasteiger partial charge in [0.05, 0.1) is 5.56 Å². The first-order valence-corrected chi connectivity index (χ1v) is 7.49. The van der Waals surface area contributed by atoms with Crippen molar-refractivity contribution in [2.45, 2.75) is 18.2 Å². The fourth-order valence-corrected chi connectivity index (χ4v) is 3.02. The van der Waals surface area contributed by atoms with E-state index in [1.807, 2.05) is 18.4 Å². The van der Waals surface area contributed by atoms with E-state index in [1.54, 1.807) is 11.8 Å². The Morgan fingerprint density at radius 3 is 2.72 bits per heavy atom. The zero-order valence-corrected chi connectivity index (χ0v) is 12.1. The summed E-state index contributed by atoms with van der Waals surface area (Å²) in [5, 5.41) is 7.79. The summed E-state index contributed by atoms with van der Waals surface area (Å²) in [5.74, 6) is 1.80. The number of nitrogens with one attached hydrogen (secondary N) is 1. The van der Waals surface area contributed by atoms with Gasteiger partial charge in [0.15, 0.2) is 0 Å². The maximum Gasteiger partial charge on any atom is 0.126 e. The van der Waals surface area contributed by atoms with E-state index >= 15 is 0 Å². The molecule has 1 fully saturated rings. The Morgan fingerprint density at radius 1 is 1.56 bits per heavy atom. The normalized spacial score (nSPS) is 21.7. The molecule has 0 heterocycles. The van der Waals surface area contributed by atoms with Crippen LogP contribution in [0.25, 0.3) is 0 Å². The van der Waals surface area contributed by atoms with Crippen molar-refractivity contribution in [3.8, 4) is 0 Å². The second kappa shape index (κ2) is 5.22. The van der Waals surface area contributed by atoms with Crippen LogP contribution in [0.3, 0.4) is 0 Å². The molecule has 2 atom stereocenters. The Balaban J connectivity index is 2.27. The molecule has 3 N–H and O–H groups in total. The number of hydrogen-bond donors (Lipinski definition) is 2. The lowest BCUT2D eigenvalue weighted by molar-refractivity contribution is 0.724. The molecule has 98 valence electrons. The molecule has 0 bridgehead atoms. The second-order valence-corrected chi connectivity index (χ2v) is 5.97. The van der Waals surface area contributed by atoms with E-state index in [0.717, 1.165) is 34.5 Å². The van der Waals surface area contributed by atoms with E-state index < -0.39 is 0 Å². The van der Waals surface area contributed by atoms with Gasteiger partial charge in [0.1, 0.15) is 5.84 Å². The van der Waals surface area contributed by atoms with Gasteiger partial charge in [-0.1, -0.05) is 13.0 Å². The fraction of sp³-hybridized carbons (Fsp3) is 0.500. The summed E-state index contributed by atoms with van der Waals surface area (Å²) in [6, 6.07) is 6.13. The summed E-state index contributed by atoms with van der Waals surface area (Å²) in [6.45, 7) is 3.35. The van der Waals surface area contributed by atoms with Gasteiger partial charge in [-0.2, -0.15) is 0 Å². The number of nitrogen functional groups attached to an aromatic ring is 1. The van der Waals surface area contributed by atoms with Crippen LogP contribution in [0.1, 0.15) is 18.9 Å². The van der Waals surface area contributed by atoms with Crippen LogP contribution in [0.15, 0.2) is 23.1 Å². The van der Waals surface area contributed by atoms with E-state index in [0.29, 0.717) is 0 Å². The van der Waals surface area contributed by atoms with Crippen molar-refractivity contribution in [2.75, 3.05) is 24.7 Å². The molecule has 0 aromatic heterocycles. The summed E-state index contributed by atoms with van der Waals surface area (Å²) in [4.78, 5) is 3.32. The fourth-order valence-electron chi connectivity index (χ4n) is 2.38. The predicted octanol–water partition coefficient (Wildman–Crippen LogP) is 2.78. The van der Waals surface area contributed by atoms with E-state index in [9.17, 15) is 0 Å². The molecule has 0 aliphatic heterocycles. The molecule has 0 amide bonds. The lowest BCUT2D eigenvalue weighted by atomic mass is 10.1. The lowest BCUT2D eigenvalue weighted by Crippen LogP contribution is -2.25. The molecule has 1 aromatic rings. The first-order chi connectivity index (χ1) is 8.54. The molecular weight excluding hydrogens is 242 g/mol. The van der Waals surface area contributed by atoms with Gasteiger partial charge in [-0.15, -0.1) is 11.8 Å². The average Bonchev–Trinajstić information content (AvgIpc) is 3.03. The van der Waals surface area contributed by atoms with E-state index in [1.165, 1.54) is 6.42 Å². The number of hydrogen-bond acceptors (Lipinski definition) is 3. The van der Waals surface area contributed by atoms with E-state index in [4.69, 9.17) is 11.1 Å². The molecule has 2 unspecified atom stereocenters. The Hall–Kier alpha value is -1.16. The highest BCUT2D eigenvalue weighted by molar-refractivity contribution is 7.98. The van der Waals surface area contributed by atoms with Gasteiger partial charge in [0.2, 0.25) is 0 Å². The molecule has 18 heavy (non-hydrogen) atoms. The third-order valence-electron chi connectivity index (χ3n) is 3.69. The molecule has 1 aliphatic carbocycles. The summed E-state index contributed by atoms with van der Waals surface area (Å²) in [7, 11) is 2.09. The van der Waals surface area contributed by atoms with E-state index in [-0.39, 0.29) is 5.84 Å². The first kappa shape index (κ1) is 13.3. The smallest absolute Gasteiger partial charge is 0.126 e. The molecule has 1 aliphatic rings. The molecule has 0 saturated heterocycles. The zero-order chi connectivity index (χ0) is 13.3.